The molecule has 0 bridgehead atoms. The summed E-state index contributed by atoms with van der Waals surface area (Å²) >= 11 is 4.62. The van der Waals surface area contributed by atoms with Gasteiger partial charge in [0.2, 0.25) is 0 Å². The van der Waals surface area contributed by atoms with E-state index in [-0.39, 0.29) is 5.91 Å². The van der Waals surface area contributed by atoms with E-state index in [9.17, 15) is 4.79 Å². The van der Waals surface area contributed by atoms with Crippen molar-refractivity contribution in [2.45, 2.75) is 14.3 Å². The second kappa shape index (κ2) is 6.33. The molecule has 1 amide bonds. The van der Waals surface area contributed by atoms with E-state index in [1.165, 1.54) is 10.6 Å². The number of amides is 1. The first-order valence-corrected chi connectivity index (χ1v) is 12.9. The average Bonchev–Trinajstić information content (AvgIpc) is 2.17. The number of nitrogens with zero attached hydrogens (tertiary/aromatic N) is 1. The molecule has 0 aliphatic carbocycles. The summed E-state index contributed by atoms with van der Waals surface area (Å²) in [6.45, 7) is 0.778. The number of halogens is 1. The van der Waals surface area contributed by atoms with Crippen LogP contribution in [0.2, 0.25) is 19.5 Å². The Morgan fingerprint density at radius 2 is 2.33 bits per heavy atom. The fourth-order valence-electron chi connectivity index (χ4n) is 1.07. The Bertz CT molecular complexity index is 344. The molecule has 5 heteroatoms. The van der Waals surface area contributed by atoms with Crippen LogP contribution in [0, 0.1) is 0 Å². The molecular weight excluding hydrogens is 318 g/mol. The molecule has 0 saturated heterocycles. The van der Waals surface area contributed by atoms with Crippen LogP contribution in [0.3, 0.4) is 0 Å². The molecule has 0 saturated carbocycles. The van der Waals surface area contributed by atoms with Gasteiger partial charge in [-0.2, -0.15) is 0 Å². The predicted molar refractivity (Wildman–Crippen MR) is 63.9 cm³/mol. The van der Waals surface area contributed by atoms with E-state index in [2.05, 4.69) is 20.2 Å². The zero-order chi connectivity index (χ0) is 11.3. The molecule has 0 aliphatic heterocycles. The van der Waals surface area contributed by atoms with Crippen LogP contribution < -0.4 is 5.32 Å². The molecule has 0 aromatic carbocycles. The van der Waals surface area contributed by atoms with Gasteiger partial charge in [0.05, 0.1) is 0 Å². The van der Waals surface area contributed by atoms with Crippen molar-refractivity contribution < 1.29 is 4.79 Å². The van der Waals surface area contributed by atoms with Gasteiger partial charge in [0.15, 0.2) is 0 Å². The molecule has 1 N–H and O–H groups in total. The Morgan fingerprint density at radius 1 is 1.60 bits per heavy atom. The third-order valence-electron chi connectivity index (χ3n) is 1.90. The number of nitrogens with one attached hydrogen (secondary N) is 1. The Hall–Kier alpha value is -0.291. The van der Waals surface area contributed by atoms with E-state index in [1.54, 1.807) is 12.1 Å². The molecule has 0 fully saturated rings. The van der Waals surface area contributed by atoms with Crippen molar-refractivity contribution in [3.05, 3.63) is 29.0 Å². The third kappa shape index (κ3) is 4.84. The number of rotatable bonds is 4. The molecule has 0 atom stereocenters. The Morgan fingerprint density at radius 3 is 2.93 bits per heavy atom. The summed E-state index contributed by atoms with van der Waals surface area (Å²) in [7, 11) is 0. The molecule has 81 valence electrons. The summed E-state index contributed by atoms with van der Waals surface area (Å²) in [5, 5.41) is 3.23. The zero-order valence-corrected chi connectivity index (χ0v) is 12.5. The van der Waals surface area contributed by atoms with Crippen molar-refractivity contribution in [1.82, 2.24) is 10.3 Å². The second-order valence-corrected chi connectivity index (χ2v) is 12.3. The molecule has 0 unspecified atom stereocenters. The van der Waals surface area contributed by atoms with Crippen molar-refractivity contribution in [3.8, 4) is 0 Å². The molecule has 1 aromatic heterocycles. The minimum absolute atomic E-state index is 0.0658. The van der Waals surface area contributed by atoms with Crippen LogP contribution in [0.15, 0.2) is 18.3 Å². The SMILES string of the molecule is [CH3][Sn]([CH3])[CH2]CNC(=O)c1ccnc(Cl)c1. The number of hydrogen-bond acceptors (Lipinski definition) is 2. The Labute approximate surface area is 102 Å². The molecular formula is C10H14ClN2OSn. The van der Waals surface area contributed by atoms with Gasteiger partial charge in [-0.15, -0.1) is 0 Å². The van der Waals surface area contributed by atoms with Gasteiger partial charge in [-0.1, -0.05) is 0 Å². The number of pyridine rings is 1. The molecule has 0 aliphatic rings. The molecule has 1 rings (SSSR count). The summed E-state index contributed by atoms with van der Waals surface area (Å²) < 4.78 is 1.17. The van der Waals surface area contributed by atoms with Crippen LogP contribution in [-0.2, 0) is 0 Å². The standard InChI is InChI=1S/C8H8ClN2O.2CH3.Sn/c1-2-10-8(12)6-3-4-11-7(9)5-6;;;/h3-5H,1-2H2,(H,10,12);2*1H3;. The maximum absolute atomic E-state index is 11.6. The van der Waals surface area contributed by atoms with Gasteiger partial charge in [-0.05, 0) is 0 Å². The van der Waals surface area contributed by atoms with E-state index < -0.39 is 19.8 Å². The molecule has 15 heavy (non-hydrogen) atoms. The van der Waals surface area contributed by atoms with Crippen LogP contribution in [-0.4, -0.2) is 37.2 Å². The van der Waals surface area contributed by atoms with E-state index in [0.29, 0.717) is 10.7 Å². The molecule has 3 nitrogen and oxygen atoms in total. The van der Waals surface area contributed by atoms with Crippen molar-refractivity contribution in [3.63, 3.8) is 0 Å². The van der Waals surface area contributed by atoms with E-state index in [4.69, 9.17) is 11.6 Å². The van der Waals surface area contributed by atoms with Crippen molar-refractivity contribution >= 4 is 37.3 Å². The number of carbonyl (C=O) groups is 1. The first-order valence-electron chi connectivity index (χ1n) is 4.78. The average molecular weight is 332 g/mol. The van der Waals surface area contributed by atoms with Gasteiger partial charge in [0, 0.05) is 0 Å². The fourth-order valence-corrected chi connectivity index (χ4v) is 3.03. The maximum atomic E-state index is 11.6. The van der Waals surface area contributed by atoms with E-state index in [0.717, 1.165) is 6.54 Å². The molecule has 1 heterocycles. The Balaban J connectivity index is 2.47. The van der Waals surface area contributed by atoms with Gasteiger partial charge >= 0.3 is 102 Å². The zero-order valence-electron chi connectivity index (χ0n) is 8.88. The van der Waals surface area contributed by atoms with Gasteiger partial charge < -0.3 is 0 Å². The van der Waals surface area contributed by atoms with Gasteiger partial charge in [0.25, 0.3) is 0 Å². The van der Waals surface area contributed by atoms with Crippen molar-refractivity contribution in [2.24, 2.45) is 0 Å². The summed E-state index contributed by atoms with van der Waals surface area (Å²) in [6, 6.07) is 3.24. The van der Waals surface area contributed by atoms with Crippen molar-refractivity contribution in [1.29, 1.82) is 0 Å². The molecule has 0 spiro atoms. The van der Waals surface area contributed by atoms with Gasteiger partial charge in [0.1, 0.15) is 0 Å². The summed E-state index contributed by atoms with van der Waals surface area (Å²) in [5.74, 6) is -0.0658. The minimum atomic E-state index is -1.08. The van der Waals surface area contributed by atoms with E-state index >= 15 is 0 Å². The van der Waals surface area contributed by atoms with Crippen LogP contribution in [0.25, 0.3) is 0 Å². The summed E-state index contributed by atoms with van der Waals surface area (Å²) in [6.07, 6.45) is 1.54. The molecule has 1 aromatic rings. The van der Waals surface area contributed by atoms with Crippen molar-refractivity contribution in [2.75, 3.05) is 6.54 Å². The molecule has 1 radical (unpaired) electrons. The first-order chi connectivity index (χ1) is 7.09. The third-order valence-corrected chi connectivity index (χ3v) is 5.67. The topological polar surface area (TPSA) is 42.0 Å². The quantitative estimate of drug-likeness (QED) is 0.679. The van der Waals surface area contributed by atoms with Crippen LogP contribution in [0.4, 0.5) is 0 Å². The number of carbonyl (C=O) groups excluding carboxylic acids is 1. The van der Waals surface area contributed by atoms with Gasteiger partial charge in [-0.25, -0.2) is 0 Å². The van der Waals surface area contributed by atoms with Crippen LogP contribution in [0.5, 0.6) is 0 Å². The summed E-state index contributed by atoms with van der Waals surface area (Å²) in [4.78, 5) is 20.1. The van der Waals surface area contributed by atoms with Crippen LogP contribution >= 0.6 is 11.6 Å². The fraction of sp³-hybridized carbons (Fsp3) is 0.400. The monoisotopic (exact) mass is 333 g/mol. The number of aromatic nitrogens is 1. The second-order valence-electron chi connectivity index (χ2n) is 3.58. The first kappa shape index (κ1) is 12.8. The Kier molecular flexibility index (Phi) is 5.39. The van der Waals surface area contributed by atoms with E-state index in [1.807, 2.05) is 0 Å². The van der Waals surface area contributed by atoms with Crippen LogP contribution in [0.1, 0.15) is 10.4 Å². The number of hydrogen-bond donors (Lipinski definition) is 1. The predicted octanol–water partition coefficient (Wildman–Crippen LogP) is 2.22. The summed E-state index contributed by atoms with van der Waals surface area (Å²) in [5.41, 5.74) is 0.576. The normalized spacial score (nSPS) is 10.4. The van der Waals surface area contributed by atoms with Gasteiger partial charge in [-0.3, -0.25) is 0 Å².